The Kier molecular flexibility index (Phi) is 5.26. The zero-order valence-corrected chi connectivity index (χ0v) is 16.7. The van der Waals surface area contributed by atoms with Crippen LogP contribution < -0.4 is 0 Å². The van der Waals surface area contributed by atoms with E-state index in [2.05, 4.69) is 21.7 Å². The molecule has 1 amide bonds. The highest BCUT2D eigenvalue weighted by atomic mass is 19.1. The van der Waals surface area contributed by atoms with Crippen molar-refractivity contribution in [2.75, 3.05) is 39.8 Å². The molecule has 3 aliphatic rings. The average Bonchev–Trinajstić information content (AvgIpc) is 3.47. The smallest absolute Gasteiger partial charge is 0.222 e. The van der Waals surface area contributed by atoms with Gasteiger partial charge in [0.25, 0.3) is 0 Å². The fourth-order valence-corrected chi connectivity index (χ4v) is 4.71. The van der Waals surface area contributed by atoms with Gasteiger partial charge >= 0.3 is 0 Å². The van der Waals surface area contributed by atoms with Gasteiger partial charge in [0.15, 0.2) is 0 Å². The van der Waals surface area contributed by atoms with E-state index in [1.807, 2.05) is 12.1 Å². The molecule has 5 heteroatoms. The van der Waals surface area contributed by atoms with Crippen molar-refractivity contribution in [3.8, 4) is 0 Å². The number of amides is 1. The Labute approximate surface area is 162 Å². The molecule has 3 fully saturated rings. The van der Waals surface area contributed by atoms with Crippen molar-refractivity contribution >= 4 is 5.91 Å². The van der Waals surface area contributed by atoms with E-state index in [1.165, 1.54) is 12.8 Å². The lowest BCUT2D eigenvalue weighted by Gasteiger charge is -2.49. The first kappa shape index (κ1) is 18.9. The number of likely N-dealkylation sites (tertiary alicyclic amines) is 1. The summed E-state index contributed by atoms with van der Waals surface area (Å²) in [6.45, 7) is 7.40. The van der Waals surface area contributed by atoms with E-state index < -0.39 is 0 Å². The van der Waals surface area contributed by atoms with Crippen LogP contribution in [0.2, 0.25) is 0 Å². The van der Waals surface area contributed by atoms with Crippen LogP contribution in [-0.2, 0) is 11.3 Å². The number of halogens is 1. The summed E-state index contributed by atoms with van der Waals surface area (Å²) >= 11 is 0. The van der Waals surface area contributed by atoms with Crippen LogP contribution in [0, 0.1) is 18.7 Å². The maximum atomic E-state index is 13.9. The lowest BCUT2D eigenvalue weighted by atomic mass is 9.86. The zero-order chi connectivity index (χ0) is 19.0. The highest BCUT2D eigenvalue weighted by Gasteiger charge is 2.42. The third kappa shape index (κ3) is 4.19. The predicted molar refractivity (Wildman–Crippen MR) is 105 cm³/mol. The zero-order valence-electron chi connectivity index (χ0n) is 16.7. The van der Waals surface area contributed by atoms with Crippen molar-refractivity contribution < 1.29 is 9.18 Å². The van der Waals surface area contributed by atoms with Crippen LogP contribution in [0.25, 0.3) is 0 Å². The monoisotopic (exact) mass is 373 g/mol. The van der Waals surface area contributed by atoms with Crippen LogP contribution in [0.3, 0.4) is 0 Å². The Morgan fingerprint density at radius 1 is 1.19 bits per heavy atom. The minimum atomic E-state index is -0.118. The van der Waals surface area contributed by atoms with Crippen LogP contribution in [0.5, 0.6) is 0 Å². The molecule has 0 bridgehead atoms. The van der Waals surface area contributed by atoms with Gasteiger partial charge in [-0.1, -0.05) is 12.1 Å². The van der Waals surface area contributed by atoms with E-state index in [4.69, 9.17) is 0 Å². The van der Waals surface area contributed by atoms with Crippen molar-refractivity contribution in [3.05, 3.63) is 35.1 Å². The number of nitrogens with zero attached hydrogens (tertiary/aromatic N) is 3. The second-order valence-electron chi connectivity index (χ2n) is 8.97. The molecule has 0 aromatic heterocycles. The molecule has 1 saturated carbocycles. The van der Waals surface area contributed by atoms with Gasteiger partial charge in [0.2, 0.25) is 5.91 Å². The molecule has 1 unspecified atom stereocenters. The normalized spacial score (nSPS) is 28.0. The summed E-state index contributed by atoms with van der Waals surface area (Å²) in [6.07, 6.45) is 5.21. The third-order valence-corrected chi connectivity index (χ3v) is 6.90. The molecule has 2 aliphatic heterocycles. The maximum Gasteiger partial charge on any atom is 0.222 e. The largest absolute Gasteiger partial charge is 0.342 e. The number of carbonyl (C=O) groups excluding carboxylic acids is 1. The number of piperazine rings is 1. The fourth-order valence-electron chi connectivity index (χ4n) is 4.71. The molecule has 0 N–H and O–H groups in total. The molecule has 0 radical (unpaired) electrons. The molecule has 2 saturated heterocycles. The van der Waals surface area contributed by atoms with E-state index in [1.54, 1.807) is 13.0 Å². The van der Waals surface area contributed by atoms with Crippen molar-refractivity contribution in [1.82, 2.24) is 14.7 Å². The fraction of sp³-hybridized carbons (Fsp3) is 0.682. The van der Waals surface area contributed by atoms with E-state index in [9.17, 15) is 9.18 Å². The van der Waals surface area contributed by atoms with Gasteiger partial charge in [-0.3, -0.25) is 14.6 Å². The van der Waals surface area contributed by atoms with Gasteiger partial charge in [-0.05, 0) is 62.8 Å². The van der Waals surface area contributed by atoms with Crippen molar-refractivity contribution in [1.29, 1.82) is 0 Å². The van der Waals surface area contributed by atoms with Gasteiger partial charge in [-0.25, -0.2) is 4.39 Å². The number of benzene rings is 1. The summed E-state index contributed by atoms with van der Waals surface area (Å²) in [5, 5.41) is 0. The summed E-state index contributed by atoms with van der Waals surface area (Å²) in [6, 6.07) is 5.59. The third-order valence-electron chi connectivity index (χ3n) is 6.90. The van der Waals surface area contributed by atoms with Gasteiger partial charge < -0.3 is 4.90 Å². The van der Waals surface area contributed by atoms with Crippen LogP contribution in [0.15, 0.2) is 18.2 Å². The number of carbonyl (C=O) groups is 1. The van der Waals surface area contributed by atoms with Crippen LogP contribution in [-0.4, -0.2) is 65.9 Å². The molecule has 1 aromatic carbocycles. The summed E-state index contributed by atoms with van der Waals surface area (Å²) < 4.78 is 13.9. The highest BCUT2D eigenvalue weighted by molar-refractivity contribution is 5.76. The van der Waals surface area contributed by atoms with Crippen molar-refractivity contribution in [2.24, 2.45) is 5.92 Å². The molecule has 2 heterocycles. The second-order valence-corrected chi connectivity index (χ2v) is 8.97. The first-order chi connectivity index (χ1) is 12.9. The summed E-state index contributed by atoms with van der Waals surface area (Å²) in [7, 11) is 2.21. The number of rotatable bonds is 4. The number of hydrogen-bond donors (Lipinski definition) is 0. The van der Waals surface area contributed by atoms with Gasteiger partial charge in [-0.15, -0.1) is 0 Å². The lowest BCUT2D eigenvalue weighted by molar-refractivity contribution is -0.131. The lowest BCUT2D eigenvalue weighted by Crippen LogP contribution is -2.60. The van der Waals surface area contributed by atoms with Crippen molar-refractivity contribution in [3.63, 3.8) is 0 Å². The van der Waals surface area contributed by atoms with Gasteiger partial charge in [-0.2, -0.15) is 0 Å². The molecule has 1 aliphatic carbocycles. The van der Waals surface area contributed by atoms with Gasteiger partial charge in [0, 0.05) is 51.2 Å². The molecule has 1 aromatic rings. The molecule has 1 spiro atoms. The topological polar surface area (TPSA) is 26.8 Å². The van der Waals surface area contributed by atoms with Crippen molar-refractivity contribution in [2.45, 2.75) is 51.1 Å². The molecule has 148 valence electrons. The summed E-state index contributed by atoms with van der Waals surface area (Å²) in [5.41, 5.74) is 1.81. The molecule has 27 heavy (non-hydrogen) atoms. The first-order valence-corrected chi connectivity index (χ1v) is 10.4. The first-order valence-electron chi connectivity index (χ1n) is 10.4. The van der Waals surface area contributed by atoms with E-state index in [0.29, 0.717) is 17.9 Å². The Balaban J connectivity index is 1.44. The van der Waals surface area contributed by atoms with E-state index in [-0.39, 0.29) is 11.4 Å². The van der Waals surface area contributed by atoms with E-state index in [0.717, 1.165) is 63.6 Å². The number of hydrogen-bond acceptors (Lipinski definition) is 3. The summed E-state index contributed by atoms with van der Waals surface area (Å²) in [4.78, 5) is 19.7. The number of aryl methyl sites for hydroxylation is 1. The highest BCUT2D eigenvalue weighted by Crippen LogP contribution is 2.35. The minimum Gasteiger partial charge on any atom is -0.342 e. The molecule has 4 nitrogen and oxygen atoms in total. The average molecular weight is 374 g/mol. The van der Waals surface area contributed by atoms with Gasteiger partial charge in [0.05, 0.1) is 0 Å². The van der Waals surface area contributed by atoms with Crippen LogP contribution in [0.4, 0.5) is 4.39 Å². The Morgan fingerprint density at radius 2 is 2.00 bits per heavy atom. The van der Waals surface area contributed by atoms with Crippen LogP contribution >= 0.6 is 0 Å². The molecular formula is C22H32FN3O. The standard InChI is InChI=1S/C22H32FN3O/c1-17-3-4-19(13-20(17)23)14-25-12-11-24(2)22(16-25)8-7-21(27)26(10-9-22)15-18-5-6-18/h3-4,13,18H,5-12,14-16H2,1-2H3. The molecular weight excluding hydrogens is 341 g/mol. The molecule has 1 atom stereocenters. The Hall–Kier alpha value is -1.46. The summed E-state index contributed by atoms with van der Waals surface area (Å²) in [5.74, 6) is 0.969. The minimum absolute atomic E-state index is 0.0649. The predicted octanol–water partition coefficient (Wildman–Crippen LogP) is 3.04. The quantitative estimate of drug-likeness (QED) is 0.812. The van der Waals surface area contributed by atoms with E-state index >= 15 is 0 Å². The van der Waals surface area contributed by atoms with Crippen LogP contribution in [0.1, 0.15) is 43.2 Å². The Bertz CT molecular complexity index is 705. The molecule has 4 rings (SSSR count). The second kappa shape index (κ2) is 7.51. The number of likely N-dealkylation sites (N-methyl/N-ethyl adjacent to an activating group) is 1. The maximum absolute atomic E-state index is 13.9. The Morgan fingerprint density at radius 3 is 2.74 bits per heavy atom. The SMILES string of the molecule is Cc1ccc(CN2CCN(C)C3(CCC(=O)N(CC4CC4)CC3)C2)cc1F. The van der Waals surface area contributed by atoms with Gasteiger partial charge in [0.1, 0.15) is 5.82 Å².